The van der Waals surface area contributed by atoms with E-state index in [4.69, 9.17) is 28.9 Å². The highest BCUT2D eigenvalue weighted by Gasteiger charge is 2.12. The van der Waals surface area contributed by atoms with Crippen molar-refractivity contribution in [3.05, 3.63) is 33.8 Å². The van der Waals surface area contributed by atoms with Gasteiger partial charge in [0.1, 0.15) is 5.78 Å². The van der Waals surface area contributed by atoms with Gasteiger partial charge in [0.15, 0.2) is 0 Å². The van der Waals surface area contributed by atoms with Crippen molar-refractivity contribution in [2.45, 2.75) is 45.4 Å². The third kappa shape index (κ3) is 6.25. The van der Waals surface area contributed by atoms with Crippen LogP contribution in [0.3, 0.4) is 0 Å². The summed E-state index contributed by atoms with van der Waals surface area (Å²) in [6.07, 6.45) is 5.20. The molecule has 4 heteroatoms. The van der Waals surface area contributed by atoms with Crippen LogP contribution in [0.4, 0.5) is 0 Å². The molecule has 0 radical (unpaired) electrons. The monoisotopic (exact) mass is 315 g/mol. The molecule has 2 nitrogen and oxygen atoms in total. The molecule has 1 atom stereocenters. The average molecular weight is 316 g/mol. The Kier molecular flexibility index (Phi) is 8.20. The van der Waals surface area contributed by atoms with Gasteiger partial charge in [0, 0.05) is 22.9 Å². The molecular weight excluding hydrogens is 293 g/mol. The number of nitrogens with two attached hydrogens (primary N) is 1. The van der Waals surface area contributed by atoms with Crippen molar-refractivity contribution < 1.29 is 4.79 Å². The van der Waals surface area contributed by atoms with Crippen LogP contribution in [0.25, 0.3) is 0 Å². The third-order valence-electron chi connectivity index (χ3n) is 3.51. The first kappa shape index (κ1) is 17.5. The Balaban J connectivity index is 2.46. The molecule has 0 fully saturated rings. The highest BCUT2D eigenvalue weighted by atomic mass is 35.5. The fraction of sp³-hybridized carbons (Fsp3) is 0.562. The number of rotatable bonds is 9. The van der Waals surface area contributed by atoms with E-state index in [1.165, 1.54) is 0 Å². The van der Waals surface area contributed by atoms with Gasteiger partial charge in [-0.15, -0.1) is 0 Å². The molecule has 0 heterocycles. The van der Waals surface area contributed by atoms with Crippen molar-refractivity contribution in [1.82, 2.24) is 0 Å². The maximum atomic E-state index is 12.0. The lowest BCUT2D eigenvalue weighted by Crippen LogP contribution is -2.12. The minimum Gasteiger partial charge on any atom is -0.330 e. The van der Waals surface area contributed by atoms with E-state index in [0.717, 1.165) is 31.2 Å². The minimum atomic E-state index is 0.229. The first-order valence-electron chi connectivity index (χ1n) is 7.22. The molecule has 1 aromatic carbocycles. The van der Waals surface area contributed by atoms with Crippen molar-refractivity contribution >= 4 is 29.0 Å². The van der Waals surface area contributed by atoms with E-state index in [9.17, 15) is 4.79 Å². The van der Waals surface area contributed by atoms with Crippen molar-refractivity contribution in [2.75, 3.05) is 6.54 Å². The summed E-state index contributed by atoms with van der Waals surface area (Å²) >= 11 is 11.9. The lowest BCUT2D eigenvalue weighted by molar-refractivity contribution is -0.118. The van der Waals surface area contributed by atoms with E-state index in [0.29, 0.717) is 35.3 Å². The Morgan fingerprint density at radius 2 is 2.00 bits per heavy atom. The van der Waals surface area contributed by atoms with Gasteiger partial charge in [-0.3, -0.25) is 4.79 Å². The van der Waals surface area contributed by atoms with Gasteiger partial charge in [0.05, 0.1) is 0 Å². The van der Waals surface area contributed by atoms with Gasteiger partial charge in [-0.25, -0.2) is 0 Å². The molecule has 0 amide bonds. The van der Waals surface area contributed by atoms with E-state index in [1.54, 1.807) is 12.1 Å². The summed E-state index contributed by atoms with van der Waals surface area (Å²) in [5.74, 6) is 0.794. The summed E-state index contributed by atoms with van der Waals surface area (Å²) < 4.78 is 0. The lowest BCUT2D eigenvalue weighted by atomic mass is 9.92. The molecule has 2 N–H and O–H groups in total. The van der Waals surface area contributed by atoms with Crippen LogP contribution in [0.15, 0.2) is 18.2 Å². The summed E-state index contributed by atoms with van der Waals surface area (Å²) in [6.45, 7) is 2.86. The number of hydrogen-bond donors (Lipinski definition) is 1. The summed E-state index contributed by atoms with van der Waals surface area (Å²) in [4.78, 5) is 12.0. The fourth-order valence-corrected chi connectivity index (χ4v) is 2.88. The molecule has 0 aliphatic heterocycles. The number of hydrogen-bond acceptors (Lipinski definition) is 2. The summed E-state index contributed by atoms with van der Waals surface area (Å²) in [5, 5.41) is 1.16. The van der Waals surface area contributed by atoms with E-state index in [2.05, 4.69) is 6.92 Å². The average Bonchev–Trinajstić information content (AvgIpc) is 2.40. The molecule has 0 saturated heterocycles. The summed E-state index contributed by atoms with van der Waals surface area (Å²) in [7, 11) is 0. The maximum absolute atomic E-state index is 12.0. The largest absolute Gasteiger partial charge is 0.330 e. The smallest absolute Gasteiger partial charge is 0.137 e. The number of benzene rings is 1. The predicted molar refractivity (Wildman–Crippen MR) is 86.5 cm³/mol. The second kappa shape index (κ2) is 9.38. The molecular formula is C16H23Cl2NO. The van der Waals surface area contributed by atoms with E-state index >= 15 is 0 Å². The third-order valence-corrected chi connectivity index (χ3v) is 4.09. The highest BCUT2D eigenvalue weighted by Crippen LogP contribution is 2.23. The van der Waals surface area contributed by atoms with Crippen molar-refractivity contribution in [1.29, 1.82) is 0 Å². The predicted octanol–water partition coefficient (Wildman–Crippen LogP) is 4.65. The number of carbonyl (C=O) groups excluding carboxylic acids is 1. The Morgan fingerprint density at radius 1 is 1.25 bits per heavy atom. The van der Waals surface area contributed by atoms with Gasteiger partial charge in [0.2, 0.25) is 0 Å². The molecule has 1 unspecified atom stereocenters. The molecule has 0 aliphatic carbocycles. The van der Waals surface area contributed by atoms with Crippen LogP contribution in [-0.4, -0.2) is 12.3 Å². The zero-order chi connectivity index (χ0) is 15.0. The van der Waals surface area contributed by atoms with E-state index in [1.807, 2.05) is 6.07 Å². The summed E-state index contributed by atoms with van der Waals surface area (Å²) in [5.41, 5.74) is 6.46. The first-order chi connectivity index (χ1) is 9.56. The van der Waals surface area contributed by atoms with Crippen molar-refractivity contribution in [2.24, 2.45) is 11.7 Å². The van der Waals surface area contributed by atoms with Gasteiger partial charge >= 0.3 is 0 Å². The minimum absolute atomic E-state index is 0.229. The molecule has 0 saturated carbocycles. The topological polar surface area (TPSA) is 43.1 Å². The van der Waals surface area contributed by atoms with Crippen LogP contribution in [0, 0.1) is 5.92 Å². The van der Waals surface area contributed by atoms with Gasteiger partial charge in [-0.1, -0.05) is 49.0 Å². The number of ketones is 1. The standard InChI is InChI=1S/C16H23Cl2NO/c1-2-3-12(8-9-19)4-7-15(20)10-13-5-6-14(17)11-16(13)18/h5-6,11-12H,2-4,7-10,19H2,1H3. The molecule has 1 rings (SSSR count). The Hall–Kier alpha value is -0.570. The molecule has 1 aromatic rings. The maximum Gasteiger partial charge on any atom is 0.137 e. The second-order valence-corrected chi connectivity index (χ2v) is 6.07. The zero-order valence-corrected chi connectivity index (χ0v) is 13.5. The fourth-order valence-electron chi connectivity index (χ4n) is 2.41. The number of halogens is 2. The SMILES string of the molecule is CCCC(CCN)CCC(=O)Cc1ccc(Cl)cc1Cl. The molecule has 0 aliphatic rings. The molecule has 0 spiro atoms. The Morgan fingerprint density at radius 3 is 2.60 bits per heavy atom. The normalized spacial score (nSPS) is 12.4. The molecule has 112 valence electrons. The van der Waals surface area contributed by atoms with Gasteiger partial charge in [-0.05, 0) is 43.0 Å². The number of carbonyl (C=O) groups is 1. The number of Topliss-reactive ketones (excluding diaryl/α,β-unsaturated/α-hetero) is 1. The van der Waals surface area contributed by atoms with E-state index < -0.39 is 0 Å². The molecule has 0 aromatic heterocycles. The van der Waals surface area contributed by atoms with Gasteiger partial charge in [0.25, 0.3) is 0 Å². The van der Waals surface area contributed by atoms with Crippen LogP contribution < -0.4 is 5.73 Å². The van der Waals surface area contributed by atoms with Crippen LogP contribution in [0.5, 0.6) is 0 Å². The van der Waals surface area contributed by atoms with E-state index in [-0.39, 0.29) is 5.78 Å². The second-order valence-electron chi connectivity index (χ2n) is 5.22. The van der Waals surface area contributed by atoms with Crippen molar-refractivity contribution in [3.63, 3.8) is 0 Å². The van der Waals surface area contributed by atoms with Crippen molar-refractivity contribution in [3.8, 4) is 0 Å². The van der Waals surface area contributed by atoms with Crippen LogP contribution >= 0.6 is 23.2 Å². The summed E-state index contributed by atoms with van der Waals surface area (Å²) in [6, 6.07) is 5.27. The lowest BCUT2D eigenvalue weighted by Gasteiger charge is -2.14. The molecule has 0 bridgehead atoms. The Labute approximate surface area is 131 Å². The Bertz CT molecular complexity index is 428. The van der Waals surface area contributed by atoms with Crippen LogP contribution in [0.2, 0.25) is 10.0 Å². The zero-order valence-electron chi connectivity index (χ0n) is 12.0. The van der Waals surface area contributed by atoms with Crippen LogP contribution in [-0.2, 0) is 11.2 Å². The highest BCUT2D eigenvalue weighted by molar-refractivity contribution is 6.35. The van der Waals surface area contributed by atoms with Crippen LogP contribution in [0.1, 0.15) is 44.6 Å². The van der Waals surface area contributed by atoms with Gasteiger partial charge < -0.3 is 5.73 Å². The quantitative estimate of drug-likeness (QED) is 0.720. The molecule has 20 heavy (non-hydrogen) atoms. The van der Waals surface area contributed by atoms with Gasteiger partial charge in [-0.2, -0.15) is 0 Å². The first-order valence-corrected chi connectivity index (χ1v) is 7.98.